The second kappa shape index (κ2) is 7.99. The molecule has 5 nitrogen and oxygen atoms in total. The van der Waals surface area contributed by atoms with Gasteiger partial charge in [-0.1, -0.05) is 50.6 Å². The number of aliphatic imine (C=N–C) groups is 1. The molecule has 130 valence electrons. The molecule has 0 saturated heterocycles. The van der Waals surface area contributed by atoms with Gasteiger partial charge in [-0.2, -0.15) is 0 Å². The lowest BCUT2D eigenvalue weighted by Crippen LogP contribution is -2.36. The zero-order chi connectivity index (χ0) is 17.6. The maximum absolute atomic E-state index is 5.80. The van der Waals surface area contributed by atoms with E-state index in [9.17, 15) is 0 Å². The fourth-order valence-electron chi connectivity index (χ4n) is 2.22. The lowest BCUT2D eigenvalue weighted by molar-refractivity contribution is 0.379. The van der Waals surface area contributed by atoms with Crippen LogP contribution < -0.4 is 10.6 Å². The largest absolute Gasteiger partial charge is 0.443 e. The molecular weight excluding hydrogens is 300 g/mol. The zero-order valence-corrected chi connectivity index (χ0v) is 15.3. The number of nitrogens with one attached hydrogen (secondary N) is 2. The molecule has 0 radical (unpaired) electrons. The van der Waals surface area contributed by atoms with Crippen molar-refractivity contribution >= 4 is 5.96 Å². The van der Waals surface area contributed by atoms with Crippen LogP contribution in [0.15, 0.2) is 39.9 Å². The van der Waals surface area contributed by atoms with Crippen LogP contribution in [0.1, 0.15) is 50.5 Å². The van der Waals surface area contributed by atoms with E-state index in [0.29, 0.717) is 19.0 Å². The number of nitrogens with zero attached hydrogens (tertiary/aromatic N) is 2. The van der Waals surface area contributed by atoms with E-state index in [1.807, 2.05) is 6.92 Å². The van der Waals surface area contributed by atoms with Gasteiger partial charge in [0.1, 0.15) is 5.76 Å². The van der Waals surface area contributed by atoms with E-state index in [-0.39, 0.29) is 5.41 Å². The highest BCUT2D eigenvalue weighted by molar-refractivity contribution is 5.79. The Kier molecular flexibility index (Phi) is 6.01. The topological polar surface area (TPSA) is 62.5 Å². The highest BCUT2D eigenvalue weighted by atomic mass is 16.4. The molecule has 0 spiro atoms. The van der Waals surface area contributed by atoms with Crippen molar-refractivity contribution in [1.82, 2.24) is 15.6 Å². The van der Waals surface area contributed by atoms with Crippen LogP contribution in [0.2, 0.25) is 0 Å². The smallest absolute Gasteiger partial charge is 0.213 e. The van der Waals surface area contributed by atoms with Crippen molar-refractivity contribution in [3.05, 3.63) is 53.2 Å². The van der Waals surface area contributed by atoms with Crippen molar-refractivity contribution < 1.29 is 4.42 Å². The molecule has 0 bridgehead atoms. The highest BCUT2D eigenvalue weighted by Crippen LogP contribution is 2.22. The number of oxazole rings is 1. The lowest BCUT2D eigenvalue weighted by atomic mass is 9.94. The summed E-state index contributed by atoms with van der Waals surface area (Å²) in [7, 11) is 0. The molecule has 1 aromatic heterocycles. The molecule has 2 aromatic rings. The molecule has 24 heavy (non-hydrogen) atoms. The summed E-state index contributed by atoms with van der Waals surface area (Å²) >= 11 is 0. The Bertz CT molecular complexity index is 683. The molecule has 0 atom stereocenters. The van der Waals surface area contributed by atoms with Crippen LogP contribution in [-0.4, -0.2) is 17.5 Å². The Morgan fingerprint density at radius 2 is 2.04 bits per heavy atom. The second-order valence-electron chi connectivity index (χ2n) is 6.91. The van der Waals surface area contributed by atoms with Crippen LogP contribution in [0.3, 0.4) is 0 Å². The number of hydrogen-bond donors (Lipinski definition) is 2. The van der Waals surface area contributed by atoms with Gasteiger partial charge in [0.2, 0.25) is 5.89 Å². The van der Waals surface area contributed by atoms with E-state index < -0.39 is 0 Å². The fourth-order valence-corrected chi connectivity index (χ4v) is 2.22. The predicted molar refractivity (Wildman–Crippen MR) is 98.0 cm³/mol. The van der Waals surface area contributed by atoms with Crippen molar-refractivity contribution in [2.45, 2.75) is 53.1 Å². The summed E-state index contributed by atoms with van der Waals surface area (Å²) in [5.41, 5.74) is 2.41. The molecule has 0 aliphatic heterocycles. The van der Waals surface area contributed by atoms with E-state index in [1.165, 1.54) is 11.1 Å². The van der Waals surface area contributed by atoms with Gasteiger partial charge in [-0.3, -0.25) is 0 Å². The van der Waals surface area contributed by atoms with Gasteiger partial charge in [0.25, 0.3) is 0 Å². The zero-order valence-electron chi connectivity index (χ0n) is 15.3. The molecule has 1 aromatic carbocycles. The van der Waals surface area contributed by atoms with Crippen molar-refractivity contribution in [2.24, 2.45) is 4.99 Å². The van der Waals surface area contributed by atoms with E-state index >= 15 is 0 Å². The molecule has 2 N–H and O–H groups in total. The van der Waals surface area contributed by atoms with Crippen molar-refractivity contribution in [1.29, 1.82) is 0 Å². The first-order valence-electron chi connectivity index (χ1n) is 8.41. The summed E-state index contributed by atoms with van der Waals surface area (Å²) in [6, 6.07) is 8.38. The quantitative estimate of drug-likeness (QED) is 0.651. The fraction of sp³-hybridized carbons (Fsp3) is 0.474. The van der Waals surface area contributed by atoms with Crippen molar-refractivity contribution in [3.63, 3.8) is 0 Å². The molecule has 1 heterocycles. The van der Waals surface area contributed by atoms with E-state index in [0.717, 1.165) is 18.3 Å². The minimum Gasteiger partial charge on any atom is -0.443 e. The van der Waals surface area contributed by atoms with Gasteiger partial charge >= 0.3 is 0 Å². The summed E-state index contributed by atoms with van der Waals surface area (Å²) in [6.07, 6.45) is 1.80. The third-order valence-electron chi connectivity index (χ3n) is 3.55. The van der Waals surface area contributed by atoms with Crippen LogP contribution in [0, 0.1) is 6.92 Å². The Hall–Kier alpha value is -2.30. The molecule has 5 heteroatoms. The van der Waals surface area contributed by atoms with Gasteiger partial charge in [-0.05, 0) is 19.4 Å². The summed E-state index contributed by atoms with van der Waals surface area (Å²) in [4.78, 5) is 8.95. The molecule has 0 aliphatic rings. The number of benzene rings is 1. The summed E-state index contributed by atoms with van der Waals surface area (Å²) in [5, 5.41) is 6.51. The number of rotatable bonds is 5. The van der Waals surface area contributed by atoms with Gasteiger partial charge in [0.15, 0.2) is 5.96 Å². The second-order valence-corrected chi connectivity index (χ2v) is 6.91. The maximum Gasteiger partial charge on any atom is 0.213 e. The van der Waals surface area contributed by atoms with Crippen LogP contribution in [0.4, 0.5) is 0 Å². The maximum atomic E-state index is 5.80. The Morgan fingerprint density at radius 3 is 2.67 bits per heavy atom. The Labute approximate surface area is 144 Å². The highest BCUT2D eigenvalue weighted by Gasteiger charge is 2.19. The van der Waals surface area contributed by atoms with E-state index in [2.05, 4.69) is 72.6 Å². The Morgan fingerprint density at radius 1 is 1.25 bits per heavy atom. The molecule has 0 amide bonds. The van der Waals surface area contributed by atoms with E-state index in [4.69, 9.17) is 4.42 Å². The molecule has 0 aliphatic carbocycles. The Balaban J connectivity index is 1.98. The molecule has 0 fully saturated rings. The van der Waals surface area contributed by atoms with Gasteiger partial charge in [-0.25, -0.2) is 9.98 Å². The normalized spacial score (nSPS) is 12.3. The molecular formula is C19H28N4O. The first-order chi connectivity index (χ1) is 11.4. The van der Waals surface area contributed by atoms with Gasteiger partial charge in [0, 0.05) is 12.0 Å². The van der Waals surface area contributed by atoms with Crippen LogP contribution in [0.25, 0.3) is 0 Å². The number of aromatic nitrogens is 1. The molecule has 0 saturated carbocycles. The van der Waals surface area contributed by atoms with Gasteiger partial charge < -0.3 is 15.1 Å². The molecule has 0 unspecified atom stereocenters. The minimum atomic E-state index is -0.0327. The lowest BCUT2D eigenvalue weighted by Gasteiger charge is -2.13. The predicted octanol–water partition coefficient (Wildman–Crippen LogP) is 3.54. The first kappa shape index (κ1) is 18.0. The number of guanidine groups is 1. The SMILES string of the molecule is CCNC(=NCc1cccc(C)c1)NCc1ncc(C(C)(C)C)o1. The molecule has 2 rings (SSSR count). The number of hydrogen-bond acceptors (Lipinski definition) is 3. The van der Waals surface area contributed by atoms with Crippen molar-refractivity contribution in [2.75, 3.05) is 6.54 Å². The third-order valence-corrected chi connectivity index (χ3v) is 3.55. The average molecular weight is 328 g/mol. The van der Waals surface area contributed by atoms with Gasteiger partial charge in [-0.15, -0.1) is 0 Å². The van der Waals surface area contributed by atoms with Crippen LogP contribution in [0.5, 0.6) is 0 Å². The first-order valence-corrected chi connectivity index (χ1v) is 8.41. The van der Waals surface area contributed by atoms with Crippen molar-refractivity contribution in [3.8, 4) is 0 Å². The minimum absolute atomic E-state index is 0.0327. The number of aryl methyl sites for hydroxylation is 1. The standard InChI is InChI=1S/C19H28N4O/c1-6-20-18(22-11-15-9-7-8-14(2)10-15)23-13-17-21-12-16(24-17)19(3,4)5/h7-10,12H,6,11,13H2,1-5H3,(H2,20,22,23). The summed E-state index contributed by atoms with van der Waals surface area (Å²) in [5.74, 6) is 2.32. The van der Waals surface area contributed by atoms with Gasteiger partial charge in [0.05, 0.1) is 19.3 Å². The average Bonchev–Trinajstić information content (AvgIpc) is 2.99. The third kappa shape index (κ3) is 5.41. The monoisotopic (exact) mass is 328 g/mol. The van der Waals surface area contributed by atoms with Crippen LogP contribution in [-0.2, 0) is 18.5 Å². The van der Waals surface area contributed by atoms with Crippen LogP contribution >= 0.6 is 0 Å². The van der Waals surface area contributed by atoms with E-state index in [1.54, 1.807) is 6.20 Å². The summed E-state index contributed by atoms with van der Waals surface area (Å²) in [6.45, 7) is 12.4. The summed E-state index contributed by atoms with van der Waals surface area (Å²) < 4.78 is 5.80.